The van der Waals surface area contributed by atoms with Crippen molar-refractivity contribution in [3.8, 4) is 0 Å². The zero-order chi connectivity index (χ0) is 18.8. The van der Waals surface area contributed by atoms with Gasteiger partial charge in [0, 0.05) is 20.3 Å². The molecule has 0 spiro atoms. The molecular weight excluding hydrogens is 332 g/mol. The van der Waals surface area contributed by atoms with E-state index in [-0.39, 0.29) is 5.97 Å². The second-order valence-corrected chi connectivity index (χ2v) is 10.5. The predicted molar refractivity (Wildman–Crippen MR) is 107 cm³/mol. The minimum atomic E-state index is -1.84. The van der Waals surface area contributed by atoms with E-state index in [1.54, 1.807) is 14.2 Å². The summed E-state index contributed by atoms with van der Waals surface area (Å²) in [6, 6.07) is 1.10. The number of hydrogen-bond donors (Lipinski definition) is 0. The van der Waals surface area contributed by atoms with Gasteiger partial charge in [0.1, 0.15) is 0 Å². The Morgan fingerprint density at radius 3 is 1.60 bits per heavy atom. The molecule has 0 fully saturated rings. The molecule has 0 saturated carbocycles. The first kappa shape index (κ1) is 24.3. The van der Waals surface area contributed by atoms with Crippen molar-refractivity contribution >= 4 is 14.5 Å². The largest absolute Gasteiger partial charge is 0.463 e. The summed E-state index contributed by atoms with van der Waals surface area (Å²) in [6.07, 6.45) is 16.5. The van der Waals surface area contributed by atoms with Crippen LogP contribution in [-0.2, 0) is 18.4 Å². The summed E-state index contributed by atoms with van der Waals surface area (Å²) in [5.41, 5.74) is 0. The molecule has 0 N–H and O–H groups in total. The summed E-state index contributed by atoms with van der Waals surface area (Å²) in [5, 5.41) is 0. The molecule has 0 heterocycles. The zero-order valence-electron chi connectivity index (χ0n) is 16.8. The number of unbranched alkanes of at least 4 members (excludes halogenated alkanes) is 11. The van der Waals surface area contributed by atoms with Crippen LogP contribution in [0.3, 0.4) is 0 Å². The maximum absolute atomic E-state index is 10.9. The van der Waals surface area contributed by atoms with Gasteiger partial charge < -0.3 is 13.6 Å². The van der Waals surface area contributed by atoms with E-state index in [2.05, 4.69) is 13.1 Å². The van der Waals surface area contributed by atoms with Gasteiger partial charge in [-0.1, -0.05) is 77.2 Å². The van der Waals surface area contributed by atoms with Gasteiger partial charge in [0.15, 0.2) is 0 Å². The minimum Gasteiger partial charge on any atom is -0.463 e. The highest BCUT2D eigenvalue weighted by molar-refractivity contribution is 6.65. The number of ether oxygens (including phenoxy) is 1. The lowest BCUT2D eigenvalue weighted by molar-refractivity contribution is -0.137. The van der Waals surface area contributed by atoms with Crippen LogP contribution in [0.1, 0.15) is 77.0 Å². The Hall–Kier alpha value is -0.653. The molecule has 25 heavy (non-hydrogen) atoms. The standard InChI is InChI=1S/C20H40O4Si/c1-5-20(21)24-18-16-14-12-10-8-6-7-9-11-13-15-17-19-25(4,22-2)23-3/h5H,1,6-19H2,2-4H3. The summed E-state index contributed by atoms with van der Waals surface area (Å²) < 4.78 is 16.0. The van der Waals surface area contributed by atoms with E-state index in [4.69, 9.17) is 13.6 Å². The molecule has 0 aromatic heterocycles. The van der Waals surface area contributed by atoms with Crippen LogP contribution >= 0.6 is 0 Å². The van der Waals surface area contributed by atoms with Crippen LogP contribution in [0.2, 0.25) is 12.6 Å². The number of rotatable bonds is 18. The fourth-order valence-corrected chi connectivity index (χ4v) is 4.30. The Morgan fingerprint density at radius 2 is 1.20 bits per heavy atom. The summed E-state index contributed by atoms with van der Waals surface area (Å²) in [5.74, 6) is -0.312. The van der Waals surface area contributed by atoms with Gasteiger partial charge in [-0.3, -0.25) is 0 Å². The van der Waals surface area contributed by atoms with E-state index >= 15 is 0 Å². The van der Waals surface area contributed by atoms with Crippen molar-refractivity contribution in [2.75, 3.05) is 20.8 Å². The van der Waals surface area contributed by atoms with E-state index < -0.39 is 8.56 Å². The van der Waals surface area contributed by atoms with Gasteiger partial charge in [0.2, 0.25) is 0 Å². The van der Waals surface area contributed by atoms with Crippen LogP contribution < -0.4 is 0 Å². The van der Waals surface area contributed by atoms with E-state index in [9.17, 15) is 4.79 Å². The molecule has 0 aliphatic rings. The maximum atomic E-state index is 10.9. The fraction of sp³-hybridized carbons (Fsp3) is 0.850. The molecule has 0 amide bonds. The molecule has 0 saturated heterocycles. The number of hydrogen-bond acceptors (Lipinski definition) is 4. The zero-order valence-corrected chi connectivity index (χ0v) is 17.8. The Kier molecular flexibility index (Phi) is 16.4. The van der Waals surface area contributed by atoms with E-state index in [1.807, 2.05) is 0 Å². The van der Waals surface area contributed by atoms with Crippen molar-refractivity contribution in [3.05, 3.63) is 12.7 Å². The van der Waals surface area contributed by atoms with Crippen LogP contribution in [0, 0.1) is 0 Å². The van der Waals surface area contributed by atoms with Crippen LogP contribution in [0.4, 0.5) is 0 Å². The lowest BCUT2D eigenvalue weighted by Gasteiger charge is -2.22. The molecule has 5 heteroatoms. The molecular formula is C20H40O4Si. The van der Waals surface area contributed by atoms with Gasteiger partial charge in [0.05, 0.1) is 6.61 Å². The molecule has 148 valence electrons. The molecule has 0 aliphatic carbocycles. The van der Waals surface area contributed by atoms with Crippen LogP contribution in [0.15, 0.2) is 12.7 Å². The van der Waals surface area contributed by atoms with Crippen LogP contribution in [-0.4, -0.2) is 35.4 Å². The van der Waals surface area contributed by atoms with Crippen molar-refractivity contribution in [1.29, 1.82) is 0 Å². The Bertz CT molecular complexity index is 330. The quantitative estimate of drug-likeness (QED) is 0.133. The average Bonchev–Trinajstić information content (AvgIpc) is 2.64. The molecule has 0 bridgehead atoms. The lowest BCUT2D eigenvalue weighted by Crippen LogP contribution is -2.35. The highest BCUT2D eigenvalue weighted by Crippen LogP contribution is 2.18. The second kappa shape index (κ2) is 16.8. The van der Waals surface area contributed by atoms with Crippen LogP contribution in [0.5, 0.6) is 0 Å². The van der Waals surface area contributed by atoms with E-state index in [1.165, 1.54) is 70.3 Å². The molecule has 0 aromatic carbocycles. The third kappa shape index (κ3) is 15.3. The predicted octanol–water partition coefficient (Wildman–Crippen LogP) is 5.76. The minimum absolute atomic E-state index is 0.312. The Balaban J connectivity index is 3.19. The SMILES string of the molecule is C=CC(=O)OCCCCCCCCCCCCCC[Si](C)(OC)OC. The average molecular weight is 373 g/mol. The third-order valence-corrected chi connectivity index (χ3v) is 7.79. The second-order valence-electron chi connectivity index (χ2n) is 6.91. The number of esters is 1. The molecule has 0 radical (unpaired) electrons. The highest BCUT2D eigenvalue weighted by atomic mass is 28.4. The van der Waals surface area contributed by atoms with Crippen molar-refractivity contribution < 1.29 is 18.4 Å². The molecule has 4 nitrogen and oxygen atoms in total. The number of carbonyl (C=O) groups excluding carboxylic acids is 1. The topological polar surface area (TPSA) is 44.8 Å². The fourth-order valence-electron chi connectivity index (χ4n) is 2.84. The summed E-state index contributed by atoms with van der Waals surface area (Å²) in [6.45, 7) is 6.05. The van der Waals surface area contributed by atoms with Gasteiger partial charge in [0.25, 0.3) is 0 Å². The first-order valence-electron chi connectivity index (χ1n) is 9.97. The van der Waals surface area contributed by atoms with Crippen molar-refractivity contribution in [2.45, 2.75) is 89.6 Å². The lowest BCUT2D eigenvalue weighted by atomic mass is 10.1. The molecule has 0 unspecified atom stereocenters. The normalized spacial score (nSPS) is 11.5. The van der Waals surface area contributed by atoms with Gasteiger partial charge in [-0.05, 0) is 19.0 Å². The smallest absolute Gasteiger partial charge is 0.334 e. The molecule has 0 aromatic rings. The van der Waals surface area contributed by atoms with Crippen molar-refractivity contribution in [2.24, 2.45) is 0 Å². The third-order valence-electron chi connectivity index (χ3n) is 4.80. The molecule has 0 aliphatic heterocycles. The maximum Gasteiger partial charge on any atom is 0.334 e. The summed E-state index contributed by atoms with van der Waals surface area (Å²) >= 11 is 0. The van der Waals surface area contributed by atoms with Crippen molar-refractivity contribution in [3.63, 3.8) is 0 Å². The van der Waals surface area contributed by atoms with Crippen LogP contribution in [0.25, 0.3) is 0 Å². The summed E-state index contributed by atoms with van der Waals surface area (Å²) in [4.78, 5) is 10.9. The van der Waals surface area contributed by atoms with Gasteiger partial charge in [-0.25, -0.2) is 4.79 Å². The van der Waals surface area contributed by atoms with Gasteiger partial charge in [-0.15, -0.1) is 0 Å². The first-order chi connectivity index (χ1) is 12.1. The molecule has 0 rings (SSSR count). The number of carbonyl (C=O) groups is 1. The first-order valence-corrected chi connectivity index (χ1v) is 12.5. The van der Waals surface area contributed by atoms with Crippen molar-refractivity contribution in [1.82, 2.24) is 0 Å². The monoisotopic (exact) mass is 372 g/mol. The van der Waals surface area contributed by atoms with E-state index in [0.717, 1.165) is 18.9 Å². The highest BCUT2D eigenvalue weighted by Gasteiger charge is 2.27. The van der Waals surface area contributed by atoms with Gasteiger partial charge >= 0.3 is 14.5 Å². The molecule has 0 atom stereocenters. The Labute approximate surface area is 156 Å². The van der Waals surface area contributed by atoms with Gasteiger partial charge in [-0.2, -0.15) is 0 Å². The summed E-state index contributed by atoms with van der Waals surface area (Å²) in [7, 11) is 1.71. The Morgan fingerprint density at radius 1 is 0.800 bits per heavy atom. The van der Waals surface area contributed by atoms with E-state index in [0.29, 0.717) is 6.61 Å².